The van der Waals surface area contributed by atoms with E-state index in [0.29, 0.717) is 18.4 Å². The number of benzene rings is 2. The molecule has 0 fully saturated rings. The summed E-state index contributed by atoms with van der Waals surface area (Å²) in [5.41, 5.74) is 6.14. The van der Waals surface area contributed by atoms with Gasteiger partial charge in [0.05, 0.1) is 0 Å². The average molecular weight is 667 g/mol. The highest BCUT2D eigenvalue weighted by molar-refractivity contribution is 5.94. The smallest absolute Gasteiger partial charge is 0.408 e. The highest BCUT2D eigenvalue weighted by Gasteiger charge is 2.38. The number of esters is 1. The van der Waals surface area contributed by atoms with Crippen molar-refractivity contribution in [2.75, 3.05) is 6.54 Å². The van der Waals surface area contributed by atoms with Gasteiger partial charge in [-0.2, -0.15) is 0 Å². The van der Waals surface area contributed by atoms with E-state index in [1.165, 1.54) is 4.90 Å². The second-order valence-electron chi connectivity index (χ2n) is 13.9. The van der Waals surface area contributed by atoms with Crippen LogP contribution in [0.15, 0.2) is 54.6 Å². The normalized spacial score (nSPS) is 13.4. The van der Waals surface area contributed by atoms with Crippen LogP contribution in [0.3, 0.4) is 0 Å². The molecule has 11 heteroatoms. The molecule has 0 bridgehead atoms. The van der Waals surface area contributed by atoms with Gasteiger partial charge in [0.25, 0.3) is 0 Å². The molecule has 0 aromatic heterocycles. The molecule has 3 atom stereocenters. The van der Waals surface area contributed by atoms with E-state index in [2.05, 4.69) is 10.6 Å². The van der Waals surface area contributed by atoms with Crippen LogP contribution < -0.4 is 16.4 Å². The lowest BCUT2D eigenvalue weighted by molar-refractivity contribution is -0.159. The molecule has 0 aliphatic heterocycles. The zero-order chi connectivity index (χ0) is 36.1. The monoisotopic (exact) mass is 666 g/mol. The van der Waals surface area contributed by atoms with Gasteiger partial charge in [0.2, 0.25) is 17.7 Å². The first kappa shape index (κ1) is 39.8. The second kappa shape index (κ2) is 18.2. The number of aryl methyl sites for hydroxylation is 1. The molecule has 48 heavy (non-hydrogen) atoms. The summed E-state index contributed by atoms with van der Waals surface area (Å²) in [6.45, 7) is 14.4. The van der Waals surface area contributed by atoms with Crippen molar-refractivity contribution in [3.8, 4) is 0 Å². The summed E-state index contributed by atoms with van der Waals surface area (Å²) >= 11 is 0. The molecule has 0 saturated heterocycles. The highest BCUT2D eigenvalue weighted by Crippen LogP contribution is 2.26. The first-order valence-corrected chi connectivity index (χ1v) is 16.7. The summed E-state index contributed by atoms with van der Waals surface area (Å²) in [6, 6.07) is 13.1. The lowest BCUT2D eigenvalue weighted by Gasteiger charge is -2.35. The maximum absolute atomic E-state index is 14.5. The number of nitrogens with zero attached hydrogens (tertiary/aromatic N) is 1. The molecule has 0 aliphatic rings. The second-order valence-corrected chi connectivity index (χ2v) is 13.9. The molecule has 0 saturated carbocycles. The van der Waals surface area contributed by atoms with Gasteiger partial charge in [-0.3, -0.25) is 14.4 Å². The minimum absolute atomic E-state index is 0.103. The van der Waals surface area contributed by atoms with E-state index in [9.17, 15) is 24.0 Å². The number of hydrogen-bond donors (Lipinski definition) is 3. The Bertz CT molecular complexity index is 1360. The van der Waals surface area contributed by atoms with Crippen LogP contribution in [0, 0.1) is 0 Å². The predicted molar refractivity (Wildman–Crippen MR) is 185 cm³/mol. The fraction of sp³-hybridized carbons (Fsp3) is 0.541. The van der Waals surface area contributed by atoms with Crippen LogP contribution in [0.1, 0.15) is 104 Å². The van der Waals surface area contributed by atoms with Crippen molar-refractivity contribution in [1.29, 1.82) is 0 Å². The quantitative estimate of drug-likeness (QED) is 0.209. The summed E-state index contributed by atoms with van der Waals surface area (Å²) in [6.07, 6.45) is 1.03. The van der Waals surface area contributed by atoms with Gasteiger partial charge in [0.1, 0.15) is 29.3 Å². The molecule has 264 valence electrons. The zero-order valence-electron chi connectivity index (χ0n) is 29.8. The molecule has 2 rings (SSSR count). The minimum atomic E-state index is -1.22. The predicted octanol–water partition coefficient (Wildman–Crippen LogP) is 5.15. The van der Waals surface area contributed by atoms with E-state index in [1.54, 1.807) is 53.7 Å². The maximum Gasteiger partial charge on any atom is 0.408 e. The number of nitrogens with two attached hydrogens (primary N) is 1. The Morgan fingerprint density at radius 3 is 1.92 bits per heavy atom. The van der Waals surface area contributed by atoms with E-state index in [4.69, 9.17) is 15.2 Å². The van der Waals surface area contributed by atoms with Gasteiger partial charge in [0, 0.05) is 19.4 Å². The van der Waals surface area contributed by atoms with E-state index < -0.39 is 59.1 Å². The number of primary amides is 1. The van der Waals surface area contributed by atoms with E-state index in [1.807, 2.05) is 56.3 Å². The fourth-order valence-corrected chi connectivity index (χ4v) is 4.96. The lowest BCUT2D eigenvalue weighted by atomic mass is 9.98. The fourth-order valence-electron chi connectivity index (χ4n) is 4.96. The van der Waals surface area contributed by atoms with Crippen molar-refractivity contribution in [3.63, 3.8) is 0 Å². The Morgan fingerprint density at radius 1 is 0.792 bits per heavy atom. The first-order chi connectivity index (χ1) is 22.4. The van der Waals surface area contributed by atoms with Gasteiger partial charge < -0.3 is 30.7 Å². The molecular weight excluding hydrogens is 612 g/mol. The SMILES string of the molecule is CCCCN(C(=O)C(CCC(N)=O)NC(=O)OC(C)(C)C)C(C(=O)NC(Cc1ccccc1)C(=O)OC(C)(C)C)c1ccc(CC)cc1. The number of hydrogen-bond acceptors (Lipinski definition) is 7. The van der Waals surface area contributed by atoms with Crippen LogP contribution in [0.5, 0.6) is 0 Å². The van der Waals surface area contributed by atoms with Crippen molar-refractivity contribution in [3.05, 3.63) is 71.3 Å². The summed E-state index contributed by atoms with van der Waals surface area (Å²) in [4.78, 5) is 68.4. The third kappa shape index (κ3) is 13.8. The summed E-state index contributed by atoms with van der Waals surface area (Å²) in [7, 11) is 0. The zero-order valence-corrected chi connectivity index (χ0v) is 29.8. The Kier molecular flexibility index (Phi) is 15.1. The van der Waals surface area contributed by atoms with Crippen LogP contribution in [-0.4, -0.2) is 64.5 Å². The van der Waals surface area contributed by atoms with Crippen molar-refractivity contribution in [2.24, 2.45) is 5.73 Å². The summed E-state index contributed by atoms with van der Waals surface area (Å²) in [5, 5.41) is 5.49. The molecule has 2 aromatic rings. The minimum Gasteiger partial charge on any atom is -0.458 e. The first-order valence-electron chi connectivity index (χ1n) is 16.7. The van der Waals surface area contributed by atoms with Gasteiger partial charge in [-0.05, 0) is 77.5 Å². The number of ether oxygens (including phenoxy) is 2. The van der Waals surface area contributed by atoms with Crippen molar-refractivity contribution in [1.82, 2.24) is 15.5 Å². The molecule has 11 nitrogen and oxygen atoms in total. The molecule has 2 aromatic carbocycles. The van der Waals surface area contributed by atoms with Gasteiger partial charge in [-0.25, -0.2) is 9.59 Å². The number of amides is 4. The van der Waals surface area contributed by atoms with Crippen molar-refractivity contribution < 1.29 is 33.4 Å². The van der Waals surface area contributed by atoms with E-state index >= 15 is 0 Å². The van der Waals surface area contributed by atoms with Crippen LogP contribution in [0.2, 0.25) is 0 Å². The Hall–Kier alpha value is -4.41. The number of unbranched alkanes of at least 4 members (excludes halogenated alkanes) is 1. The molecular formula is C37H54N4O7. The third-order valence-corrected chi connectivity index (χ3v) is 7.26. The number of carbonyl (C=O) groups excluding carboxylic acids is 5. The molecule has 4 amide bonds. The van der Waals surface area contributed by atoms with Crippen molar-refractivity contribution in [2.45, 2.75) is 123 Å². The topological polar surface area (TPSA) is 157 Å². The number of nitrogens with one attached hydrogen (secondary N) is 2. The van der Waals surface area contributed by atoms with Crippen LogP contribution in [-0.2, 0) is 41.5 Å². The van der Waals surface area contributed by atoms with E-state index in [-0.39, 0.29) is 25.8 Å². The van der Waals surface area contributed by atoms with Gasteiger partial charge in [-0.1, -0.05) is 74.9 Å². The van der Waals surface area contributed by atoms with Gasteiger partial charge in [0.15, 0.2) is 0 Å². The summed E-state index contributed by atoms with van der Waals surface area (Å²) < 4.78 is 11.1. The largest absolute Gasteiger partial charge is 0.458 e. The third-order valence-electron chi connectivity index (χ3n) is 7.26. The van der Waals surface area contributed by atoms with Crippen LogP contribution in [0.25, 0.3) is 0 Å². The number of alkyl carbamates (subject to hydrolysis) is 1. The number of rotatable bonds is 16. The Labute approximate surface area is 285 Å². The molecule has 4 N–H and O–H groups in total. The standard InChI is InChI=1S/C37H54N4O7/c1-9-11-23-41(33(44)28(21-22-30(38)42)40-35(46)48-37(6,7)8)31(27-19-17-25(10-2)18-20-27)32(43)39-29(34(45)47-36(3,4)5)24-26-15-13-12-14-16-26/h12-20,28-29,31H,9-11,21-24H2,1-8H3,(H2,38,42)(H,39,43)(H,40,46). The average Bonchev–Trinajstić information content (AvgIpc) is 2.99. The van der Waals surface area contributed by atoms with Gasteiger partial charge >= 0.3 is 12.1 Å². The van der Waals surface area contributed by atoms with Crippen molar-refractivity contribution >= 4 is 29.8 Å². The molecule has 3 unspecified atom stereocenters. The maximum atomic E-state index is 14.5. The number of carbonyl (C=O) groups is 5. The molecule has 0 radical (unpaired) electrons. The molecule has 0 spiro atoms. The molecule has 0 aliphatic carbocycles. The lowest BCUT2D eigenvalue weighted by Crippen LogP contribution is -2.55. The molecule has 0 heterocycles. The van der Waals surface area contributed by atoms with Gasteiger partial charge in [-0.15, -0.1) is 0 Å². The summed E-state index contributed by atoms with van der Waals surface area (Å²) in [5.74, 6) is -2.45. The Balaban J connectivity index is 2.63. The van der Waals surface area contributed by atoms with Crippen LogP contribution >= 0.6 is 0 Å². The van der Waals surface area contributed by atoms with E-state index in [0.717, 1.165) is 17.5 Å². The highest BCUT2D eigenvalue weighted by atomic mass is 16.6. The Morgan fingerprint density at radius 2 is 1.40 bits per heavy atom. The van der Waals surface area contributed by atoms with Crippen LogP contribution in [0.4, 0.5) is 4.79 Å².